The van der Waals surface area contributed by atoms with Gasteiger partial charge in [-0.15, -0.1) is 0 Å². The average Bonchev–Trinajstić information content (AvgIpc) is 3.02. The van der Waals surface area contributed by atoms with Crippen molar-refractivity contribution >= 4 is 24.1 Å². The maximum absolute atomic E-state index is 13.1. The lowest BCUT2D eigenvalue weighted by atomic mass is 9.83. The second-order valence-corrected chi connectivity index (χ2v) is 6.91. The van der Waals surface area contributed by atoms with E-state index in [9.17, 15) is 19.2 Å². The third-order valence-corrected chi connectivity index (χ3v) is 5.18. The average molecular weight is 352 g/mol. The van der Waals surface area contributed by atoms with E-state index in [1.54, 1.807) is 0 Å². The van der Waals surface area contributed by atoms with E-state index in [1.165, 1.54) is 18.9 Å². The molecule has 8 nitrogen and oxygen atoms in total. The van der Waals surface area contributed by atoms with Crippen LogP contribution in [0, 0.1) is 5.92 Å². The van der Waals surface area contributed by atoms with Crippen LogP contribution < -0.4 is 16.0 Å². The number of amides is 4. The minimum atomic E-state index is -0.631. The van der Waals surface area contributed by atoms with Gasteiger partial charge in [0.05, 0.1) is 0 Å². The van der Waals surface area contributed by atoms with Gasteiger partial charge in [0.25, 0.3) is 0 Å². The van der Waals surface area contributed by atoms with Gasteiger partial charge < -0.3 is 20.9 Å². The van der Waals surface area contributed by atoms with E-state index in [2.05, 4.69) is 16.0 Å². The Bertz CT molecular complexity index is 519. The smallest absolute Gasteiger partial charge is 0.246 e. The van der Waals surface area contributed by atoms with Crippen LogP contribution in [0.25, 0.3) is 0 Å². The van der Waals surface area contributed by atoms with Gasteiger partial charge in [-0.3, -0.25) is 19.2 Å². The van der Waals surface area contributed by atoms with E-state index >= 15 is 0 Å². The normalized spacial score (nSPS) is 25.1. The summed E-state index contributed by atoms with van der Waals surface area (Å²) in [6.07, 6.45) is 5.96. The Hall–Kier alpha value is -2.12. The molecule has 1 aliphatic carbocycles. The van der Waals surface area contributed by atoms with Crippen molar-refractivity contribution in [3.8, 4) is 0 Å². The Morgan fingerprint density at radius 2 is 1.84 bits per heavy atom. The van der Waals surface area contributed by atoms with Gasteiger partial charge in [-0.25, -0.2) is 0 Å². The zero-order valence-electron chi connectivity index (χ0n) is 14.9. The van der Waals surface area contributed by atoms with Crippen LogP contribution in [0.3, 0.4) is 0 Å². The van der Waals surface area contributed by atoms with E-state index in [4.69, 9.17) is 0 Å². The van der Waals surface area contributed by atoms with Crippen molar-refractivity contribution in [3.05, 3.63) is 0 Å². The molecule has 0 aromatic carbocycles. The monoisotopic (exact) mass is 352 g/mol. The molecule has 140 valence electrons. The zero-order chi connectivity index (χ0) is 18.4. The molecule has 1 aliphatic heterocycles. The zero-order valence-corrected chi connectivity index (χ0v) is 14.9. The minimum absolute atomic E-state index is 0.0941. The molecule has 1 saturated heterocycles. The molecule has 1 heterocycles. The van der Waals surface area contributed by atoms with E-state index in [0.717, 1.165) is 32.1 Å². The highest BCUT2D eigenvalue weighted by Gasteiger charge is 2.43. The Labute approximate surface area is 148 Å². The van der Waals surface area contributed by atoms with Gasteiger partial charge in [-0.05, 0) is 25.2 Å². The quantitative estimate of drug-likeness (QED) is 0.562. The molecule has 0 aromatic heterocycles. The van der Waals surface area contributed by atoms with Crippen LogP contribution in [0.2, 0.25) is 0 Å². The number of likely N-dealkylation sites (tertiary alicyclic amines) is 1. The summed E-state index contributed by atoms with van der Waals surface area (Å²) in [5, 5.41) is 8.04. The van der Waals surface area contributed by atoms with Crippen LogP contribution in [-0.4, -0.2) is 60.7 Å². The first kappa shape index (κ1) is 19.2. The maximum Gasteiger partial charge on any atom is 0.246 e. The van der Waals surface area contributed by atoms with Gasteiger partial charge in [0.2, 0.25) is 24.1 Å². The fourth-order valence-electron chi connectivity index (χ4n) is 4.02. The number of rotatable bonds is 6. The number of hydrogen-bond acceptors (Lipinski definition) is 4. The summed E-state index contributed by atoms with van der Waals surface area (Å²) in [6.45, 7) is 1.69. The molecule has 3 N–H and O–H groups in total. The lowest BCUT2D eigenvalue weighted by molar-refractivity contribution is -0.142. The minimum Gasteiger partial charge on any atom is -0.357 e. The predicted molar refractivity (Wildman–Crippen MR) is 91.4 cm³/mol. The van der Waals surface area contributed by atoms with Crippen molar-refractivity contribution in [2.24, 2.45) is 5.92 Å². The highest BCUT2D eigenvalue weighted by molar-refractivity contribution is 5.91. The Morgan fingerprint density at radius 3 is 2.40 bits per heavy atom. The molecule has 0 radical (unpaired) electrons. The van der Waals surface area contributed by atoms with E-state index < -0.39 is 12.1 Å². The molecule has 4 amide bonds. The molecular weight excluding hydrogens is 324 g/mol. The maximum atomic E-state index is 13.1. The van der Waals surface area contributed by atoms with Crippen molar-refractivity contribution < 1.29 is 19.2 Å². The molecule has 0 bridgehead atoms. The van der Waals surface area contributed by atoms with Crippen molar-refractivity contribution in [1.82, 2.24) is 20.9 Å². The van der Waals surface area contributed by atoms with Crippen molar-refractivity contribution in [3.63, 3.8) is 0 Å². The molecule has 25 heavy (non-hydrogen) atoms. The van der Waals surface area contributed by atoms with Gasteiger partial charge in [0.15, 0.2) is 0 Å². The third kappa shape index (κ3) is 4.70. The summed E-state index contributed by atoms with van der Waals surface area (Å²) in [5.74, 6) is -0.587. The van der Waals surface area contributed by atoms with Crippen LogP contribution in [0.1, 0.15) is 45.4 Å². The second-order valence-electron chi connectivity index (χ2n) is 6.91. The summed E-state index contributed by atoms with van der Waals surface area (Å²) < 4.78 is 0. The lowest BCUT2D eigenvalue weighted by Gasteiger charge is -2.33. The number of nitrogens with zero attached hydrogens (tertiary/aromatic N) is 1. The van der Waals surface area contributed by atoms with Gasteiger partial charge >= 0.3 is 0 Å². The topological polar surface area (TPSA) is 108 Å². The number of hydrogen-bond donors (Lipinski definition) is 3. The Balaban J connectivity index is 2.17. The summed E-state index contributed by atoms with van der Waals surface area (Å²) in [6, 6.07) is -1.50. The molecule has 0 aromatic rings. The molecular formula is C17H28N4O4. The van der Waals surface area contributed by atoms with Crippen LogP contribution in [0.5, 0.6) is 0 Å². The standard InChI is InChI=1S/C17H28N4O4/c1-11(23)20-13-8-14(16(24)18-2)21(9-13)17(25)15(19-10-22)12-6-4-3-5-7-12/h10,12-15H,3-9H2,1-2H3,(H,18,24)(H,19,22)(H,20,23). The van der Waals surface area contributed by atoms with E-state index in [-0.39, 0.29) is 36.2 Å². The van der Waals surface area contributed by atoms with Gasteiger partial charge in [-0.1, -0.05) is 19.3 Å². The molecule has 3 atom stereocenters. The Kier molecular flexibility index (Phi) is 6.78. The summed E-state index contributed by atoms with van der Waals surface area (Å²) in [4.78, 5) is 49.2. The summed E-state index contributed by atoms with van der Waals surface area (Å²) in [5.41, 5.74) is 0. The fraction of sp³-hybridized carbons (Fsp3) is 0.765. The molecule has 2 rings (SSSR count). The van der Waals surface area contributed by atoms with Gasteiger partial charge in [0, 0.05) is 26.6 Å². The third-order valence-electron chi connectivity index (χ3n) is 5.18. The van der Waals surface area contributed by atoms with E-state index in [1.807, 2.05) is 0 Å². The van der Waals surface area contributed by atoms with E-state index in [0.29, 0.717) is 12.8 Å². The fourth-order valence-corrected chi connectivity index (χ4v) is 4.02. The number of nitrogens with one attached hydrogen (secondary N) is 3. The molecule has 1 saturated carbocycles. The Morgan fingerprint density at radius 1 is 1.16 bits per heavy atom. The van der Waals surface area contributed by atoms with Gasteiger partial charge in [0.1, 0.15) is 12.1 Å². The van der Waals surface area contributed by atoms with Crippen molar-refractivity contribution in [2.45, 2.75) is 63.6 Å². The first-order chi connectivity index (χ1) is 12.0. The summed E-state index contributed by atoms with van der Waals surface area (Å²) >= 11 is 0. The molecule has 2 aliphatic rings. The first-order valence-corrected chi connectivity index (χ1v) is 8.96. The van der Waals surface area contributed by atoms with Gasteiger partial charge in [-0.2, -0.15) is 0 Å². The second kappa shape index (κ2) is 8.82. The largest absolute Gasteiger partial charge is 0.357 e. The highest BCUT2D eigenvalue weighted by Crippen LogP contribution is 2.29. The van der Waals surface area contributed by atoms with Crippen molar-refractivity contribution in [2.75, 3.05) is 13.6 Å². The predicted octanol–water partition coefficient (Wildman–Crippen LogP) is -0.467. The summed E-state index contributed by atoms with van der Waals surface area (Å²) in [7, 11) is 1.53. The molecule has 0 spiro atoms. The number of likely N-dealkylation sites (N-methyl/N-ethyl adjacent to an activating group) is 1. The van der Waals surface area contributed by atoms with Crippen LogP contribution >= 0.6 is 0 Å². The SMILES string of the molecule is CNC(=O)C1CC(NC(C)=O)CN1C(=O)C(NC=O)C1CCCCC1. The number of carbonyl (C=O) groups is 4. The van der Waals surface area contributed by atoms with Crippen LogP contribution in [0.4, 0.5) is 0 Å². The van der Waals surface area contributed by atoms with Crippen LogP contribution in [0.15, 0.2) is 0 Å². The first-order valence-electron chi connectivity index (χ1n) is 8.96. The highest BCUT2D eigenvalue weighted by atomic mass is 16.2. The molecule has 8 heteroatoms. The van der Waals surface area contributed by atoms with Crippen LogP contribution in [-0.2, 0) is 19.2 Å². The lowest BCUT2D eigenvalue weighted by Crippen LogP contribution is -2.54. The van der Waals surface area contributed by atoms with Crippen molar-refractivity contribution in [1.29, 1.82) is 0 Å². The molecule has 2 fully saturated rings. The number of carbonyl (C=O) groups excluding carboxylic acids is 4. The molecule has 3 unspecified atom stereocenters.